The van der Waals surface area contributed by atoms with Gasteiger partial charge in [0.15, 0.2) is 0 Å². The molecule has 33 heavy (non-hydrogen) atoms. The highest BCUT2D eigenvalue weighted by atomic mass is 16.4. The van der Waals surface area contributed by atoms with Gasteiger partial charge in [0.1, 0.15) is 17.9 Å². The van der Waals surface area contributed by atoms with E-state index in [-0.39, 0.29) is 24.0 Å². The molecule has 0 spiro atoms. The van der Waals surface area contributed by atoms with Crippen LogP contribution >= 0.6 is 0 Å². The molecule has 0 saturated heterocycles. The first-order valence-electron chi connectivity index (χ1n) is 10.3. The Hall–Kier alpha value is -3.89. The van der Waals surface area contributed by atoms with Gasteiger partial charge in [-0.15, -0.1) is 0 Å². The molecule has 0 fully saturated rings. The predicted octanol–water partition coefficient (Wildman–Crippen LogP) is 0.290. The van der Waals surface area contributed by atoms with Crippen LogP contribution in [0.4, 0.5) is 5.82 Å². The van der Waals surface area contributed by atoms with Gasteiger partial charge < -0.3 is 25.6 Å². The molecule has 0 saturated carbocycles. The lowest BCUT2D eigenvalue weighted by Gasteiger charge is -2.19. The number of para-hydroxylation sites is 1. The number of anilines is 1. The van der Waals surface area contributed by atoms with Gasteiger partial charge in [-0.2, -0.15) is 0 Å². The standard InChI is InChI=1S/C23H24BN3O6/c25-20-6-1-2-11-27(20)14-16-9-7-15(8-10-16)12-21(28)26-19(24(32)33)13-17-4-3-5-18(22(17)29)23(30)31/h1-11,19,25,32-33H,12-14H2,(H3,26,28,29,30,31)/p+1/t19-/m0/s1. The number of hydrogen-bond donors (Lipinski definition) is 6. The number of carbonyl (C=O) groups excluding carboxylic acids is 1. The van der Waals surface area contributed by atoms with Gasteiger partial charge in [0, 0.05) is 6.07 Å². The number of aromatic carboxylic acids is 1. The van der Waals surface area contributed by atoms with Crippen LogP contribution in [0.5, 0.6) is 5.75 Å². The summed E-state index contributed by atoms with van der Waals surface area (Å²) in [5, 5.41) is 41.2. The molecule has 3 aromatic rings. The largest absolute Gasteiger partial charge is 0.507 e. The average molecular weight is 450 g/mol. The third kappa shape index (κ3) is 6.31. The van der Waals surface area contributed by atoms with E-state index >= 15 is 0 Å². The number of nitrogens with one attached hydrogen (secondary N) is 1. The Labute approximate surface area is 190 Å². The lowest BCUT2D eigenvalue weighted by atomic mass is 9.75. The number of hydrogen-bond acceptors (Lipinski definition) is 6. The average Bonchev–Trinajstić information content (AvgIpc) is 2.77. The Balaban J connectivity index is 1.63. The lowest BCUT2D eigenvalue weighted by Crippen LogP contribution is -2.48. The predicted molar refractivity (Wildman–Crippen MR) is 121 cm³/mol. The number of nitrogens with zero attached hydrogens (tertiary/aromatic N) is 1. The summed E-state index contributed by atoms with van der Waals surface area (Å²) in [6, 6.07) is 17.1. The van der Waals surface area contributed by atoms with Crippen molar-refractivity contribution in [1.82, 2.24) is 5.32 Å². The van der Waals surface area contributed by atoms with Gasteiger partial charge >= 0.3 is 13.1 Å². The van der Waals surface area contributed by atoms with Crippen LogP contribution in [-0.2, 0) is 24.2 Å². The number of pyridine rings is 1. The molecule has 0 radical (unpaired) electrons. The zero-order valence-corrected chi connectivity index (χ0v) is 17.8. The molecule has 3 rings (SSSR count). The third-order valence-corrected chi connectivity index (χ3v) is 5.21. The van der Waals surface area contributed by atoms with E-state index in [1.165, 1.54) is 18.2 Å². The Morgan fingerprint density at radius 1 is 1.00 bits per heavy atom. The molecule has 0 aliphatic carbocycles. The Bertz CT molecular complexity index is 1140. The number of benzene rings is 2. The van der Waals surface area contributed by atoms with E-state index in [0.717, 1.165) is 11.1 Å². The number of carbonyl (C=O) groups is 2. The van der Waals surface area contributed by atoms with E-state index < -0.39 is 30.7 Å². The highest BCUT2D eigenvalue weighted by Gasteiger charge is 2.27. The van der Waals surface area contributed by atoms with Gasteiger partial charge in [0.2, 0.25) is 5.91 Å². The van der Waals surface area contributed by atoms with E-state index in [2.05, 4.69) is 5.32 Å². The van der Waals surface area contributed by atoms with Crippen molar-refractivity contribution >= 4 is 24.8 Å². The van der Waals surface area contributed by atoms with Crippen LogP contribution < -0.4 is 15.6 Å². The minimum absolute atomic E-state index is 0.00522. The molecule has 1 heterocycles. The molecule has 0 unspecified atom stereocenters. The number of amides is 1. The summed E-state index contributed by atoms with van der Waals surface area (Å²) in [6.07, 6.45) is 1.72. The molecule has 1 atom stereocenters. The van der Waals surface area contributed by atoms with Crippen molar-refractivity contribution in [2.45, 2.75) is 25.3 Å². The van der Waals surface area contributed by atoms with E-state index in [4.69, 9.17) is 10.8 Å². The summed E-state index contributed by atoms with van der Waals surface area (Å²) in [5.41, 5.74) is 7.54. The third-order valence-electron chi connectivity index (χ3n) is 5.21. The van der Waals surface area contributed by atoms with Crippen molar-refractivity contribution in [1.29, 1.82) is 0 Å². The Morgan fingerprint density at radius 3 is 2.33 bits per heavy atom. The maximum absolute atomic E-state index is 12.5. The molecular weight excluding hydrogens is 425 g/mol. The van der Waals surface area contributed by atoms with Crippen LogP contribution in [0.1, 0.15) is 27.0 Å². The fraction of sp³-hybridized carbons (Fsp3) is 0.174. The van der Waals surface area contributed by atoms with Gasteiger partial charge in [-0.3, -0.25) is 10.5 Å². The Morgan fingerprint density at radius 2 is 1.70 bits per heavy atom. The van der Waals surface area contributed by atoms with Crippen molar-refractivity contribution in [2.75, 3.05) is 5.73 Å². The molecule has 170 valence electrons. The van der Waals surface area contributed by atoms with E-state index in [9.17, 15) is 24.7 Å². The maximum Gasteiger partial charge on any atom is 0.475 e. The van der Waals surface area contributed by atoms with Gasteiger partial charge in [-0.1, -0.05) is 42.5 Å². The van der Waals surface area contributed by atoms with Crippen LogP contribution in [0.3, 0.4) is 0 Å². The van der Waals surface area contributed by atoms with Crippen molar-refractivity contribution in [2.24, 2.45) is 0 Å². The van der Waals surface area contributed by atoms with Gasteiger partial charge in [0.05, 0.1) is 18.6 Å². The molecule has 1 amide bonds. The number of phenols is 1. The van der Waals surface area contributed by atoms with Crippen LogP contribution in [-0.4, -0.2) is 45.2 Å². The van der Waals surface area contributed by atoms with Crippen LogP contribution in [0, 0.1) is 0 Å². The summed E-state index contributed by atoms with van der Waals surface area (Å²) in [7, 11) is -1.91. The number of rotatable bonds is 9. The van der Waals surface area contributed by atoms with Gasteiger partial charge in [-0.25, -0.2) is 9.36 Å². The first kappa shape index (κ1) is 23.8. The monoisotopic (exact) mass is 450 g/mol. The molecule has 0 bridgehead atoms. The maximum atomic E-state index is 12.5. The molecule has 0 aliphatic heterocycles. The molecule has 9 nitrogen and oxygen atoms in total. The van der Waals surface area contributed by atoms with E-state index in [0.29, 0.717) is 12.4 Å². The number of carboxylic acids is 1. The zero-order chi connectivity index (χ0) is 24.0. The number of nitrogen functional groups attached to an aromatic ring is 1. The van der Waals surface area contributed by atoms with Crippen LogP contribution in [0.2, 0.25) is 0 Å². The minimum atomic E-state index is -1.91. The number of aromatic hydroxyl groups is 1. The van der Waals surface area contributed by atoms with Gasteiger partial charge in [0.25, 0.3) is 5.82 Å². The second kappa shape index (κ2) is 10.6. The lowest BCUT2D eigenvalue weighted by molar-refractivity contribution is -0.674. The van der Waals surface area contributed by atoms with E-state index in [1.54, 1.807) is 12.1 Å². The second-order valence-electron chi connectivity index (χ2n) is 7.66. The Kier molecular flexibility index (Phi) is 7.65. The van der Waals surface area contributed by atoms with Gasteiger partial charge in [-0.05, 0) is 35.2 Å². The fourth-order valence-corrected chi connectivity index (χ4v) is 3.43. The highest BCUT2D eigenvalue weighted by Crippen LogP contribution is 2.24. The first-order chi connectivity index (χ1) is 15.7. The molecule has 2 aromatic carbocycles. The molecule has 7 N–H and O–H groups in total. The zero-order valence-electron chi connectivity index (χ0n) is 17.8. The normalized spacial score (nSPS) is 11.6. The minimum Gasteiger partial charge on any atom is -0.507 e. The summed E-state index contributed by atoms with van der Waals surface area (Å²) < 4.78 is 1.89. The summed E-state index contributed by atoms with van der Waals surface area (Å²) >= 11 is 0. The molecule has 1 aromatic heterocycles. The molecule has 0 aliphatic rings. The topological polar surface area (TPSA) is 157 Å². The molecule has 10 heteroatoms. The fourth-order valence-electron chi connectivity index (χ4n) is 3.43. The number of nitrogens with two attached hydrogens (primary N) is 1. The first-order valence-corrected chi connectivity index (χ1v) is 10.3. The van der Waals surface area contributed by atoms with Crippen LogP contribution in [0.15, 0.2) is 66.9 Å². The highest BCUT2D eigenvalue weighted by molar-refractivity contribution is 6.43. The number of aromatic nitrogens is 1. The second-order valence-corrected chi connectivity index (χ2v) is 7.66. The van der Waals surface area contributed by atoms with Crippen LogP contribution in [0.25, 0.3) is 0 Å². The van der Waals surface area contributed by atoms with E-state index in [1.807, 2.05) is 41.1 Å². The van der Waals surface area contributed by atoms with Crippen molar-refractivity contribution < 1.29 is 34.4 Å². The smallest absolute Gasteiger partial charge is 0.475 e. The SMILES string of the molecule is Nc1cccc[n+]1Cc1ccc(CC(=O)N[C@@H](Cc2cccc(C(=O)O)c2O)B(O)O)cc1. The summed E-state index contributed by atoms with van der Waals surface area (Å²) in [4.78, 5) is 23.7. The van der Waals surface area contributed by atoms with Crippen molar-refractivity contribution in [3.63, 3.8) is 0 Å². The quantitative estimate of drug-likeness (QED) is 0.202. The van der Waals surface area contributed by atoms with Crippen molar-refractivity contribution in [3.8, 4) is 5.75 Å². The summed E-state index contributed by atoms with van der Waals surface area (Å²) in [5.74, 6) is -2.73. The summed E-state index contributed by atoms with van der Waals surface area (Å²) in [6.45, 7) is 0.580. The number of carboxylic acid groups (broad SMARTS) is 1. The molecular formula is C23H25BN3O6+. The van der Waals surface area contributed by atoms with Crippen molar-refractivity contribution in [3.05, 3.63) is 89.1 Å².